The number of carbonyl (C=O) groups is 1. The number of amides is 1. The zero-order chi connectivity index (χ0) is 17.5. The van der Waals surface area contributed by atoms with Gasteiger partial charge in [-0.05, 0) is 65.3 Å². The number of hydrogen-bond donors (Lipinski definition) is 1. The maximum absolute atomic E-state index is 12.2. The van der Waals surface area contributed by atoms with Crippen molar-refractivity contribution < 1.29 is 14.3 Å². The molecule has 0 saturated carbocycles. The van der Waals surface area contributed by atoms with Crippen LogP contribution in [0, 0.1) is 3.57 Å². The Bertz CT molecular complexity index is 682. The van der Waals surface area contributed by atoms with Crippen molar-refractivity contribution in [1.29, 1.82) is 0 Å². The molecule has 1 heterocycles. The third-order valence-electron chi connectivity index (χ3n) is 4.64. The van der Waals surface area contributed by atoms with Gasteiger partial charge >= 0.3 is 0 Å². The Kier molecular flexibility index (Phi) is 6.31. The molecule has 1 aliphatic heterocycles. The van der Waals surface area contributed by atoms with Crippen LogP contribution in [0.25, 0.3) is 0 Å². The summed E-state index contributed by atoms with van der Waals surface area (Å²) >= 11 is 2.24. The van der Waals surface area contributed by atoms with E-state index in [9.17, 15) is 4.79 Å². The molecule has 1 amide bonds. The van der Waals surface area contributed by atoms with Gasteiger partial charge in [-0.3, -0.25) is 4.79 Å². The van der Waals surface area contributed by atoms with Gasteiger partial charge < -0.3 is 14.8 Å². The third kappa shape index (κ3) is 4.95. The van der Waals surface area contributed by atoms with Crippen LogP contribution in [-0.4, -0.2) is 32.3 Å². The largest absolute Gasteiger partial charge is 0.484 e. The second-order valence-electron chi connectivity index (χ2n) is 6.28. The van der Waals surface area contributed by atoms with E-state index in [1.165, 1.54) is 5.56 Å². The number of rotatable bonds is 6. The molecule has 25 heavy (non-hydrogen) atoms. The van der Waals surface area contributed by atoms with E-state index < -0.39 is 0 Å². The van der Waals surface area contributed by atoms with Crippen LogP contribution >= 0.6 is 22.6 Å². The van der Waals surface area contributed by atoms with Crippen molar-refractivity contribution >= 4 is 28.5 Å². The SMILES string of the molecule is O=C(COc1ccc(I)cc1)NCC1(c2ccccc2)CCOCC1. The maximum Gasteiger partial charge on any atom is 0.257 e. The van der Waals surface area contributed by atoms with Crippen molar-refractivity contribution in [3.05, 3.63) is 63.7 Å². The van der Waals surface area contributed by atoms with Crippen LogP contribution in [0.1, 0.15) is 18.4 Å². The first-order chi connectivity index (χ1) is 12.2. The molecule has 132 valence electrons. The predicted molar refractivity (Wildman–Crippen MR) is 106 cm³/mol. The Morgan fingerprint density at radius 3 is 2.44 bits per heavy atom. The van der Waals surface area contributed by atoms with Crippen molar-refractivity contribution in [2.75, 3.05) is 26.4 Å². The Morgan fingerprint density at radius 2 is 1.76 bits per heavy atom. The zero-order valence-corrected chi connectivity index (χ0v) is 16.2. The zero-order valence-electron chi connectivity index (χ0n) is 14.0. The molecule has 0 aromatic heterocycles. The highest BCUT2D eigenvalue weighted by Crippen LogP contribution is 2.34. The molecule has 1 fully saturated rings. The lowest BCUT2D eigenvalue weighted by atomic mass is 9.74. The standard InChI is InChI=1S/C20H22INO3/c21-17-6-8-18(9-7-17)25-14-19(23)22-15-20(10-12-24-13-11-20)16-4-2-1-3-5-16/h1-9H,10-15H2,(H,22,23). The van der Waals surface area contributed by atoms with Crippen molar-refractivity contribution in [3.8, 4) is 5.75 Å². The number of hydrogen-bond acceptors (Lipinski definition) is 3. The number of benzene rings is 2. The summed E-state index contributed by atoms with van der Waals surface area (Å²) in [5.41, 5.74) is 1.20. The minimum Gasteiger partial charge on any atom is -0.484 e. The number of halogens is 1. The fraction of sp³-hybridized carbons (Fsp3) is 0.350. The highest BCUT2D eigenvalue weighted by atomic mass is 127. The van der Waals surface area contributed by atoms with E-state index in [0.29, 0.717) is 12.3 Å². The monoisotopic (exact) mass is 451 g/mol. The molecular weight excluding hydrogens is 429 g/mol. The van der Waals surface area contributed by atoms with E-state index in [1.807, 2.05) is 42.5 Å². The summed E-state index contributed by atoms with van der Waals surface area (Å²) in [4.78, 5) is 12.2. The van der Waals surface area contributed by atoms with Gasteiger partial charge in [0.05, 0.1) is 0 Å². The van der Waals surface area contributed by atoms with Gasteiger partial charge in [0.2, 0.25) is 0 Å². The van der Waals surface area contributed by atoms with Gasteiger partial charge in [-0.25, -0.2) is 0 Å². The van der Waals surface area contributed by atoms with E-state index >= 15 is 0 Å². The molecule has 0 spiro atoms. The second kappa shape index (κ2) is 8.67. The molecule has 5 heteroatoms. The van der Waals surface area contributed by atoms with Crippen LogP contribution in [0.3, 0.4) is 0 Å². The summed E-state index contributed by atoms with van der Waals surface area (Å²) in [5.74, 6) is 0.611. The smallest absolute Gasteiger partial charge is 0.257 e. The van der Waals surface area contributed by atoms with Gasteiger partial charge in [0.1, 0.15) is 5.75 Å². The van der Waals surface area contributed by atoms with Crippen LogP contribution in [-0.2, 0) is 14.9 Å². The average molecular weight is 451 g/mol. The maximum atomic E-state index is 12.2. The summed E-state index contributed by atoms with van der Waals surface area (Å²) in [6, 6.07) is 18.1. The van der Waals surface area contributed by atoms with E-state index in [0.717, 1.165) is 29.6 Å². The Labute approximate surface area is 162 Å². The van der Waals surface area contributed by atoms with Crippen LogP contribution in [0.5, 0.6) is 5.75 Å². The lowest BCUT2D eigenvalue weighted by molar-refractivity contribution is -0.123. The molecule has 4 nitrogen and oxygen atoms in total. The van der Waals surface area contributed by atoms with Crippen LogP contribution in [0.15, 0.2) is 54.6 Å². The minimum atomic E-state index is -0.0969. The van der Waals surface area contributed by atoms with Crippen molar-refractivity contribution in [2.45, 2.75) is 18.3 Å². The summed E-state index contributed by atoms with van der Waals surface area (Å²) < 4.78 is 12.2. The Hall–Kier alpha value is -1.60. The fourth-order valence-electron chi connectivity index (χ4n) is 3.12. The quantitative estimate of drug-likeness (QED) is 0.684. The first kappa shape index (κ1) is 18.2. The van der Waals surface area contributed by atoms with Gasteiger partial charge in [-0.15, -0.1) is 0 Å². The molecule has 0 bridgehead atoms. The number of carbonyl (C=O) groups excluding carboxylic acids is 1. The summed E-state index contributed by atoms with van der Waals surface area (Å²) in [7, 11) is 0. The molecule has 1 saturated heterocycles. The molecule has 0 atom stereocenters. The van der Waals surface area contributed by atoms with Crippen LogP contribution < -0.4 is 10.1 Å². The van der Waals surface area contributed by atoms with E-state index in [4.69, 9.17) is 9.47 Å². The molecule has 3 rings (SSSR count). The summed E-state index contributed by atoms with van der Waals surface area (Å²) in [6.07, 6.45) is 1.82. The molecule has 1 N–H and O–H groups in total. The third-order valence-corrected chi connectivity index (χ3v) is 5.36. The van der Waals surface area contributed by atoms with E-state index in [1.54, 1.807) is 0 Å². The van der Waals surface area contributed by atoms with Crippen LogP contribution in [0.4, 0.5) is 0 Å². The molecule has 0 radical (unpaired) electrons. The van der Waals surface area contributed by atoms with Gasteiger partial charge in [0.25, 0.3) is 5.91 Å². The number of ether oxygens (including phenoxy) is 2. The van der Waals surface area contributed by atoms with Gasteiger partial charge in [-0.2, -0.15) is 0 Å². The lowest BCUT2D eigenvalue weighted by Crippen LogP contribution is -2.45. The van der Waals surface area contributed by atoms with Gasteiger partial charge in [-0.1, -0.05) is 30.3 Å². The fourth-order valence-corrected chi connectivity index (χ4v) is 3.48. The second-order valence-corrected chi connectivity index (χ2v) is 7.52. The van der Waals surface area contributed by atoms with E-state index in [2.05, 4.69) is 40.0 Å². The lowest BCUT2D eigenvalue weighted by Gasteiger charge is -2.38. The molecule has 2 aromatic carbocycles. The van der Waals surface area contributed by atoms with Crippen molar-refractivity contribution in [1.82, 2.24) is 5.32 Å². The Balaban J connectivity index is 1.57. The van der Waals surface area contributed by atoms with Crippen LogP contribution in [0.2, 0.25) is 0 Å². The van der Waals surface area contributed by atoms with Crippen molar-refractivity contribution in [3.63, 3.8) is 0 Å². The highest BCUT2D eigenvalue weighted by molar-refractivity contribution is 14.1. The van der Waals surface area contributed by atoms with Gasteiger partial charge in [0.15, 0.2) is 6.61 Å². The van der Waals surface area contributed by atoms with Gasteiger partial charge in [0, 0.05) is 28.7 Å². The molecular formula is C20H22INO3. The summed E-state index contributed by atoms with van der Waals surface area (Å²) in [5, 5.41) is 3.05. The number of nitrogens with one attached hydrogen (secondary N) is 1. The first-order valence-corrected chi connectivity index (χ1v) is 9.54. The molecule has 1 aliphatic rings. The highest BCUT2D eigenvalue weighted by Gasteiger charge is 2.34. The topological polar surface area (TPSA) is 47.6 Å². The molecule has 0 unspecified atom stereocenters. The van der Waals surface area contributed by atoms with E-state index in [-0.39, 0.29) is 17.9 Å². The average Bonchev–Trinajstić information content (AvgIpc) is 2.67. The molecule has 0 aliphatic carbocycles. The van der Waals surface area contributed by atoms with Crippen molar-refractivity contribution in [2.24, 2.45) is 0 Å². The normalized spacial score (nSPS) is 16.2. The molecule has 2 aromatic rings. The predicted octanol–water partition coefficient (Wildman–Crippen LogP) is 3.53. The first-order valence-electron chi connectivity index (χ1n) is 8.46. The summed E-state index contributed by atoms with van der Waals surface area (Å²) in [6.45, 7) is 2.09. The Morgan fingerprint density at radius 1 is 1.08 bits per heavy atom. The minimum absolute atomic E-state index is 0.0297.